The van der Waals surface area contributed by atoms with Gasteiger partial charge in [0.25, 0.3) is 0 Å². The maximum absolute atomic E-state index is 12.2. The molecule has 0 spiro atoms. The standard InChI is InChI=1S/C9H7F3N2O/c10-9(11,12)8-13-4-5-1-2-6(15)3-7(5)14-8/h4H,1-3H2. The van der Waals surface area contributed by atoms with Gasteiger partial charge in [0.1, 0.15) is 5.78 Å². The smallest absolute Gasteiger partial charge is 0.299 e. The molecular weight excluding hydrogens is 209 g/mol. The summed E-state index contributed by atoms with van der Waals surface area (Å²) >= 11 is 0. The molecule has 2 rings (SSSR count). The van der Waals surface area contributed by atoms with Crippen LogP contribution in [0.1, 0.15) is 23.5 Å². The van der Waals surface area contributed by atoms with E-state index in [0.717, 1.165) is 6.20 Å². The van der Waals surface area contributed by atoms with Crippen LogP contribution in [0.25, 0.3) is 0 Å². The van der Waals surface area contributed by atoms with E-state index in [1.54, 1.807) is 0 Å². The highest BCUT2D eigenvalue weighted by atomic mass is 19.4. The van der Waals surface area contributed by atoms with Crippen molar-refractivity contribution in [2.75, 3.05) is 0 Å². The van der Waals surface area contributed by atoms with E-state index in [1.165, 1.54) is 0 Å². The Balaban J connectivity index is 2.41. The molecule has 0 unspecified atom stereocenters. The zero-order valence-corrected chi connectivity index (χ0v) is 7.64. The predicted octanol–water partition coefficient (Wildman–Crippen LogP) is 1.55. The van der Waals surface area contributed by atoms with E-state index in [4.69, 9.17) is 0 Å². The summed E-state index contributed by atoms with van der Waals surface area (Å²) in [6.07, 6.45) is -2.60. The van der Waals surface area contributed by atoms with Crippen molar-refractivity contribution in [3.63, 3.8) is 0 Å². The fraction of sp³-hybridized carbons (Fsp3) is 0.444. The molecule has 15 heavy (non-hydrogen) atoms. The molecular formula is C9H7F3N2O. The van der Waals surface area contributed by atoms with E-state index in [-0.39, 0.29) is 17.9 Å². The molecule has 0 aromatic carbocycles. The minimum absolute atomic E-state index is 0.0130. The zero-order valence-electron chi connectivity index (χ0n) is 7.64. The summed E-state index contributed by atoms with van der Waals surface area (Å²) in [6.45, 7) is 0. The quantitative estimate of drug-likeness (QED) is 0.660. The van der Waals surface area contributed by atoms with Gasteiger partial charge in [-0.1, -0.05) is 0 Å². The maximum Gasteiger partial charge on any atom is 0.451 e. The first-order valence-electron chi connectivity index (χ1n) is 4.40. The number of Topliss-reactive ketones (excluding diaryl/α,β-unsaturated/α-hetero) is 1. The molecule has 1 aliphatic rings. The molecule has 6 heteroatoms. The fourth-order valence-corrected chi connectivity index (χ4v) is 1.49. The molecule has 0 amide bonds. The molecule has 0 atom stereocenters. The van der Waals surface area contributed by atoms with Gasteiger partial charge in [-0.3, -0.25) is 4.79 Å². The summed E-state index contributed by atoms with van der Waals surface area (Å²) in [5.74, 6) is -1.25. The third-order valence-corrected chi connectivity index (χ3v) is 2.25. The largest absolute Gasteiger partial charge is 0.451 e. The van der Waals surface area contributed by atoms with Crippen LogP contribution in [-0.4, -0.2) is 15.8 Å². The molecule has 1 aromatic heterocycles. The van der Waals surface area contributed by atoms with Crippen LogP contribution in [0.4, 0.5) is 13.2 Å². The molecule has 0 fully saturated rings. The van der Waals surface area contributed by atoms with Crippen LogP contribution in [0, 0.1) is 0 Å². The molecule has 1 heterocycles. The van der Waals surface area contributed by atoms with Gasteiger partial charge in [0, 0.05) is 19.0 Å². The van der Waals surface area contributed by atoms with Crippen LogP contribution in [0.3, 0.4) is 0 Å². The van der Waals surface area contributed by atoms with Crippen LogP contribution in [0.2, 0.25) is 0 Å². The van der Waals surface area contributed by atoms with Gasteiger partial charge in [-0.05, 0) is 12.0 Å². The Kier molecular flexibility index (Phi) is 2.21. The lowest BCUT2D eigenvalue weighted by Crippen LogP contribution is -2.19. The highest BCUT2D eigenvalue weighted by molar-refractivity contribution is 5.82. The topological polar surface area (TPSA) is 42.9 Å². The Hall–Kier alpha value is -1.46. The number of hydrogen-bond donors (Lipinski definition) is 0. The summed E-state index contributed by atoms with van der Waals surface area (Å²) in [6, 6.07) is 0. The van der Waals surface area contributed by atoms with Crippen molar-refractivity contribution < 1.29 is 18.0 Å². The Morgan fingerprint density at radius 2 is 2.00 bits per heavy atom. The Labute approximate surface area is 83.3 Å². The number of carbonyl (C=O) groups is 1. The van der Waals surface area contributed by atoms with E-state index in [0.29, 0.717) is 18.4 Å². The van der Waals surface area contributed by atoms with E-state index in [2.05, 4.69) is 9.97 Å². The lowest BCUT2D eigenvalue weighted by atomic mass is 9.96. The van der Waals surface area contributed by atoms with Gasteiger partial charge in [0.2, 0.25) is 5.82 Å². The molecule has 0 N–H and O–H groups in total. The number of ketones is 1. The third kappa shape index (κ3) is 1.98. The van der Waals surface area contributed by atoms with Crippen molar-refractivity contribution in [3.8, 4) is 0 Å². The number of fused-ring (bicyclic) bond motifs is 1. The van der Waals surface area contributed by atoms with Gasteiger partial charge in [0.05, 0.1) is 5.69 Å². The fourth-order valence-electron chi connectivity index (χ4n) is 1.49. The van der Waals surface area contributed by atoms with Gasteiger partial charge in [-0.2, -0.15) is 13.2 Å². The van der Waals surface area contributed by atoms with E-state index in [9.17, 15) is 18.0 Å². The summed E-state index contributed by atoms with van der Waals surface area (Å²) in [5.41, 5.74) is 0.858. The first-order chi connectivity index (χ1) is 6.97. The lowest BCUT2D eigenvalue weighted by molar-refractivity contribution is -0.145. The van der Waals surface area contributed by atoms with Crippen molar-refractivity contribution in [2.24, 2.45) is 0 Å². The summed E-state index contributed by atoms with van der Waals surface area (Å²) in [7, 11) is 0. The molecule has 0 bridgehead atoms. The number of nitrogens with zero attached hydrogens (tertiary/aromatic N) is 2. The molecule has 3 nitrogen and oxygen atoms in total. The lowest BCUT2D eigenvalue weighted by Gasteiger charge is -2.14. The van der Waals surface area contributed by atoms with E-state index < -0.39 is 12.0 Å². The Morgan fingerprint density at radius 1 is 1.27 bits per heavy atom. The second kappa shape index (κ2) is 3.29. The third-order valence-electron chi connectivity index (χ3n) is 2.25. The SMILES string of the molecule is O=C1CCc2cnc(C(F)(F)F)nc2C1. The minimum Gasteiger partial charge on any atom is -0.299 e. The number of aryl methyl sites for hydroxylation is 1. The van der Waals surface area contributed by atoms with E-state index in [1.807, 2.05) is 0 Å². The zero-order chi connectivity index (χ0) is 11.1. The number of rotatable bonds is 0. The Morgan fingerprint density at radius 3 is 2.67 bits per heavy atom. The van der Waals surface area contributed by atoms with Gasteiger partial charge >= 0.3 is 6.18 Å². The second-order valence-electron chi connectivity index (χ2n) is 3.38. The van der Waals surface area contributed by atoms with Crippen molar-refractivity contribution >= 4 is 5.78 Å². The molecule has 0 radical (unpaired) electrons. The summed E-state index contributed by atoms with van der Waals surface area (Å²) in [4.78, 5) is 17.7. The van der Waals surface area contributed by atoms with Gasteiger partial charge < -0.3 is 0 Å². The molecule has 0 aliphatic heterocycles. The normalized spacial score (nSPS) is 16.3. The molecule has 80 valence electrons. The van der Waals surface area contributed by atoms with Crippen LogP contribution >= 0.6 is 0 Å². The van der Waals surface area contributed by atoms with Crippen molar-refractivity contribution in [1.82, 2.24) is 9.97 Å². The highest BCUT2D eigenvalue weighted by Crippen LogP contribution is 2.27. The number of carbonyl (C=O) groups excluding carboxylic acids is 1. The molecule has 1 aromatic rings. The van der Waals surface area contributed by atoms with Crippen molar-refractivity contribution in [1.29, 1.82) is 0 Å². The van der Waals surface area contributed by atoms with Gasteiger partial charge in [-0.25, -0.2) is 9.97 Å². The van der Waals surface area contributed by atoms with Crippen molar-refractivity contribution in [2.45, 2.75) is 25.4 Å². The predicted molar refractivity (Wildman–Crippen MR) is 44.1 cm³/mol. The first kappa shape index (κ1) is 10.1. The summed E-state index contributed by atoms with van der Waals surface area (Å²) in [5, 5.41) is 0. The van der Waals surface area contributed by atoms with Gasteiger partial charge in [0.15, 0.2) is 0 Å². The highest BCUT2D eigenvalue weighted by Gasteiger charge is 2.35. The molecule has 1 aliphatic carbocycles. The maximum atomic E-state index is 12.2. The minimum atomic E-state index is -4.55. The van der Waals surface area contributed by atoms with Crippen LogP contribution in [-0.2, 0) is 23.8 Å². The number of hydrogen-bond acceptors (Lipinski definition) is 3. The number of aromatic nitrogens is 2. The van der Waals surface area contributed by atoms with Gasteiger partial charge in [-0.15, -0.1) is 0 Å². The monoisotopic (exact) mass is 216 g/mol. The second-order valence-corrected chi connectivity index (χ2v) is 3.38. The average molecular weight is 216 g/mol. The molecule has 0 saturated carbocycles. The molecule has 0 saturated heterocycles. The Bertz CT molecular complexity index is 414. The van der Waals surface area contributed by atoms with E-state index >= 15 is 0 Å². The van der Waals surface area contributed by atoms with Crippen LogP contribution < -0.4 is 0 Å². The average Bonchev–Trinajstić information content (AvgIpc) is 2.15. The summed E-state index contributed by atoms with van der Waals surface area (Å²) < 4.78 is 36.7. The van der Waals surface area contributed by atoms with Crippen LogP contribution in [0.5, 0.6) is 0 Å². The number of alkyl halides is 3. The van der Waals surface area contributed by atoms with Crippen molar-refractivity contribution in [3.05, 3.63) is 23.3 Å². The number of halogens is 3. The van der Waals surface area contributed by atoms with Crippen LogP contribution in [0.15, 0.2) is 6.20 Å². The first-order valence-corrected chi connectivity index (χ1v) is 4.40.